The van der Waals surface area contributed by atoms with Gasteiger partial charge in [0.2, 0.25) is 5.91 Å². The van der Waals surface area contributed by atoms with Gasteiger partial charge in [0.25, 0.3) is 0 Å². The molecule has 0 saturated carbocycles. The molecule has 6 nitrogen and oxygen atoms in total. The summed E-state index contributed by atoms with van der Waals surface area (Å²) in [7, 11) is 1.38. The monoisotopic (exact) mass is 277 g/mol. The third kappa shape index (κ3) is 3.31. The summed E-state index contributed by atoms with van der Waals surface area (Å²) >= 11 is 0. The maximum absolute atomic E-state index is 12.3. The fourth-order valence-corrected chi connectivity index (χ4v) is 2.47. The van der Waals surface area contributed by atoms with Crippen molar-refractivity contribution >= 4 is 11.9 Å². The number of methoxy groups -OCH3 is 1. The number of hydrogen-bond donors (Lipinski definition) is 0. The van der Waals surface area contributed by atoms with Gasteiger partial charge in [0, 0.05) is 25.0 Å². The first-order valence-electron chi connectivity index (χ1n) is 6.75. The van der Waals surface area contributed by atoms with Crippen LogP contribution in [0, 0.1) is 5.92 Å². The van der Waals surface area contributed by atoms with Crippen LogP contribution in [0.3, 0.4) is 0 Å². The molecule has 1 aromatic heterocycles. The molecule has 2 atom stereocenters. The normalized spacial score (nSPS) is 22.4. The lowest BCUT2D eigenvalue weighted by Crippen LogP contribution is -2.48. The van der Waals surface area contributed by atoms with Crippen LogP contribution in [0.4, 0.5) is 0 Å². The van der Waals surface area contributed by atoms with E-state index in [2.05, 4.69) is 9.97 Å². The van der Waals surface area contributed by atoms with E-state index in [1.165, 1.54) is 7.11 Å². The van der Waals surface area contributed by atoms with Gasteiger partial charge in [0.05, 0.1) is 19.4 Å². The topological polar surface area (TPSA) is 72.4 Å². The molecule has 1 fully saturated rings. The largest absolute Gasteiger partial charge is 0.469 e. The van der Waals surface area contributed by atoms with Gasteiger partial charge in [-0.3, -0.25) is 9.59 Å². The summed E-state index contributed by atoms with van der Waals surface area (Å²) in [5, 5.41) is 0. The molecule has 1 aliphatic rings. The van der Waals surface area contributed by atoms with Gasteiger partial charge in [-0.1, -0.05) is 0 Å². The van der Waals surface area contributed by atoms with Crippen LogP contribution in [0.15, 0.2) is 18.5 Å². The van der Waals surface area contributed by atoms with E-state index in [0.717, 1.165) is 12.8 Å². The van der Waals surface area contributed by atoms with E-state index in [1.807, 2.05) is 6.92 Å². The Bertz CT molecular complexity index is 478. The Balaban J connectivity index is 2.01. The molecule has 2 rings (SSSR count). The molecule has 0 aliphatic carbocycles. The van der Waals surface area contributed by atoms with Crippen molar-refractivity contribution < 1.29 is 14.3 Å². The minimum absolute atomic E-state index is 0.0442. The van der Waals surface area contributed by atoms with Gasteiger partial charge in [0.15, 0.2) is 0 Å². The summed E-state index contributed by atoms with van der Waals surface area (Å²) in [5.41, 5.74) is 0. The van der Waals surface area contributed by atoms with Crippen molar-refractivity contribution in [2.75, 3.05) is 13.7 Å². The SMILES string of the molecule is COC(=O)[C@@H]1CC[C@H](C)N(C(=O)Cc2ncccn2)C1. The van der Waals surface area contributed by atoms with Crippen molar-refractivity contribution in [3.8, 4) is 0 Å². The van der Waals surface area contributed by atoms with Crippen molar-refractivity contribution in [2.24, 2.45) is 5.92 Å². The van der Waals surface area contributed by atoms with E-state index >= 15 is 0 Å². The highest BCUT2D eigenvalue weighted by Crippen LogP contribution is 2.23. The second kappa shape index (κ2) is 6.45. The van der Waals surface area contributed by atoms with Gasteiger partial charge in [0.1, 0.15) is 5.82 Å². The standard InChI is InChI=1S/C14H19N3O3/c1-10-4-5-11(14(19)20-2)9-17(10)13(18)8-12-15-6-3-7-16-12/h3,6-7,10-11H,4-5,8-9H2,1-2H3/t10-,11+/m0/s1. The fourth-order valence-electron chi connectivity index (χ4n) is 2.47. The number of aromatic nitrogens is 2. The molecule has 0 N–H and O–H groups in total. The molecule has 0 spiro atoms. The van der Waals surface area contributed by atoms with E-state index in [0.29, 0.717) is 12.4 Å². The van der Waals surface area contributed by atoms with Crippen LogP contribution in [-0.4, -0.2) is 46.4 Å². The smallest absolute Gasteiger partial charge is 0.310 e. The summed E-state index contributed by atoms with van der Waals surface area (Å²) in [6, 6.07) is 1.84. The summed E-state index contributed by atoms with van der Waals surface area (Å²) in [6.07, 6.45) is 4.97. The zero-order valence-electron chi connectivity index (χ0n) is 11.8. The lowest BCUT2D eigenvalue weighted by molar-refractivity contribution is -0.150. The average Bonchev–Trinajstić information content (AvgIpc) is 2.48. The third-order valence-electron chi connectivity index (χ3n) is 3.67. The van der Waals surface area contributed by atoms with Gasteiger partial charge in [-0.15, -0.1) is 0 Å². The molecular formula is C14H19N3O3. The van der Waals surface area contributed by atoms with E-state index in [9.17, 15) is 9.59 Å². The minimum atomic E-state index is -0.245. The molecule has 1 aromatic rings. The van der Waals surface area contributed by atoms with Gasteiger partial charge in [-0.05, 0) is 25.8 Å². The first-order valence-corrected chi connectivity index (χ1v) is 6.75. The van der Waals surface area contributed by atoms with Crippen LogP contribution < -0.4 is 0 Å². The molecule has 0 unspecified atom stereocenters. The number of esters is 1. The molecule has 2 heterocycles. The first kappa shape index (κ1) is 14.4. The number of ether oxygens (including phenoxy) is 1. The Hall–Kier alpha value is -1.98. The Morgan fingerprint density at radius 2 is 2.05 bits per heavy atom. The fraction of sp³-hybridized carbons (Fsp3) is 0.571. The van der Waals surface area contributed by atoms with E-state index in [4.69, 9.17) is 4.74 Å². The Morgan fingerprint density at radius 3 is 2.70 bits per heavy atom. The Labute approximate surface area is 118 Å². The zero-order valence-corrected chi connectivity index (χ0v) is 11.8. The number of piperidine rings is 1. The molecule has 20 heavy (non-hydrogen) atoms. The number of hydrogen-bond acceptors (Lipinski definition) is 5. The van der Waals surface area contributed by atoms with Crippen molar-refractivity contribution in [2.45, 2.75) is 32.2 Å². The zero-order chi connectivity index (χ0) is 14.5. The second-order valence-electron chi connectivity index (χ2n) is 5.03. The van der Waals surface area contributed by atoms with Gasteiger partial charge in [-0.25, -0.2) is 9.97 Å². The van der Waals surface area contributed by atoms with Crippen molar-refractivity contribution in [1.29, 1.82) is 0 Å². The van der Waals surface area contributed by atoms with Crippen LogP contribution in [-0.2, 0) is 20.7 Å². The van der Waals surface area contributed by atoms with Crippen LogP contribution in [0.25, 0.3) is 0 Å². The number of rotatable bonds is 3. The Kier molecular flexibility index (Phi) is 4.65. The van der Waals surface area contributed by atoms with E-state index in [-0.39, 0.29) is 30.3 Å². The average molecular weight is 277 g/mol. The number of amides is 1. The van der Waals surface area contributed by atoms with Crippen LogP contribution in [0.1, 0.15) is 25.6 Å². The predicted molar refractivity (Wildman–Crippen MR) is 71.7 cm³/mol. The highest BCUT2D eigenvalue weighted by atomic mass is 16.5. The summed E-state index contributed by atoms with van der Waals surface area (Å²) in [4.78, 5) is 33.8. The molecule has 0 bridgehead atoms. The molecule has 1 saturated heterocycles. The molecule has 0 aromatic carbocycles. The second-order valence-corrected chi connectivity index (χ2v) is 5.03. The number of carbonyl (C=O) groups excluding carboxylic acids is 2. The highest BCUT2D eigenvalue weighted by Gasteiger charge is 2.33. The van der Waals surface area contributed by atoms with Crippen molar-refractivity contribution in [1.82, 2.24) is 14.9 Å². The van der Waals surface area contributed by atoms with Crippen molar-refractivity contribution in [3.05, 3.63) is 24.3 Å². The van der Waals surface area contributed by atoms with E-state index in [1.54, 1.807) is 23.4 Å². The maximum atomic E-state index is 12.3. The predicted octanol–water partition coefficient (Wildman–Crippen LogP) is 0.819. The number of carbonyl (C=O) groups is 2. The summed E-state index contributed by atoms with van der Waals surface area (Å²) < 4.78 is 4.77. The molecule has 1 amide bonds. The van der Waals surface area contributed by atoms with Gasteiger partial charge < -0.3 is 9.64 Å². The Morgan fingerprint density at radius 1 is 1.35 bits per heavy atom. The van der Waals surface area contributed by atoms with Crippen LogP contribution in [0.5, 0.6) is 0 Å². The number of nitrogens with zero attached hydrogens (tertiary/aromatic N) is 3. The van der Waals surface area contributed by atoms with Crippen LogP contribution >= 0.6 is 0 Å². The minimum Gasteiger partial charge on any atom is -0.469 e. The summed E-state index contributed by atoms with van der Waals surface area (Å²) in [6.45, 7) is 2.41. The lowest BCUT2D eigenvalue weighted by Gasteiger charge is -2.36. The van der Waals surface area contributed by atoms with E-state index < -0.39 is 0 Å². The maximum Gasteiger partial charge on any atom is 0.310 e. The lowest BCUT2D eigenvalue weighted by atomic mass is 9.93. The molecular weight excluding hydrogens is 258 g/mol. The van der Waals surface area contributed by atoms with Gasteiger partial charge >= 0.3 is 5.97 Å². The number of likely N-dealkylation sites (tertiary alicyclic amines) is 1. The third-order valence-corrected chi connectivity index (χ3v) is 3.67. The van der Waals surface area contributed by atoms with Crippen molar-refractivity contribution in [3.63, 3.8) is 0 Å². The van der Waals surface area contributed by atoms with Crippen LogP contribution in [0.2, 0.25) is 0 Å². The molecule has 6 heteroatoms. The summed E-state index contributed by atoms with van der Waals surface area (Å²) in [5.74, 6) is -0.00954. The van der Waals surface area contributed by atoms with Gasteiger partial charge in [-0.2, -0.15) is 0 Å². The highest BCUT2D eigenvalue weighted by molar-refractivity contribution is 5.80. The first-order chi connectivity index (χ1) is 9.61. The molecule has 0 radical (unpaired) electrons. The molecule has 108 valence electrons. The quantitative estimate of drug-likeness (QED) is 0.765. The molecule has 1 aliphatic heterocycles.